The average Bonchev–Trinajstić information content (AvgIpc) is 3.29. The van der Waals surface area contributed by atoms with Gasteiger partial charge in [-0.3, -0.25) is 0 Å². The predicted molar refractivity (Wildman–Crippen MR) is 150 cm³/mol. The normalized spacial score (nSPS) is 22.1. The van der Waals surface area contributed by atoms with Crippen molar-refractivity contribution in [2.75, 3.05) is 4.90 Å². The number of nitrogens with zero attached hydrogens (tertiary/aromatic N) is 3. The molecule has 1 aliphatic carbocycles. The molecule has 42 heavy (non-hydrogen) atoms. The van der Waals surface area contributed by atoms with Crippen LogP contribution in [0.15, 0.2) is 46.3 Å². The second-order valence-electron chi connectivity index (χ2n) is 10.9. The van der Waals surface area contributed by atoms with Gasteiger partial charge in [0.2, 0.25) is 0 Å². The van der Waals surface area contributed by atoms with Crippen LogP contribution >= 0.6 is 22.7 Å². The molecule has 1 N–H and O–H groups in total. The maximum atomic E-state index is 13.1. The summed E-state index contributed by atoms with van der Waals surface area (Å²) in [6, 6.07) is 9.89. The van der Waals surface area contributed by atoms with E-state index in [1.807, 2.05) is 5.38 Å². The van der Waals surface area contributed by atoms with Gasteiger partial charge in [0.15, 0.2) is 5.13 Å². The molecule has 2 saturated heterocycles. The molecule has 2 aliphatic heterocycles. The number of rotatable bonds is 9. The van der Waals surface area contributed by atoms with E-state index in [-0.39, 0.29) is 46.9 Å². The number of thiophene rings is 1. The quantitative estimate of drug-likeness (QED) is 0.204. The first-order valence-corrected chi connectivity index (χ1v) is 15.5. The van der Waals surface area contributed by atoms with Crippen LogP contribution in [0.2, 0.25) is 0 Å². The Morgan fingerprint density at radius 3 is 2.55 bits per heavy atom. The van der Waals surface area contributed by atoms with E-state index in [0.29, 0.717) is 17.0 Å². The Kier molecular flexibility index (Phi) is 6.98. The summed E-state index contributed by atoms with van der Waals surface area (Å²) in [5.74, 6) is -0.379. The minimum absolute atomic E-state index is 0.0231. The Morgan fingerprint density at radius 1 is 1.10 bits per heavy atom. The number of anilines is 1. The Hall–Kier alpha value is -3.42. The summed E-state index contributed by atoms with van der Waals surface area (Å²) in [4.78, 5) is 19.6. The zero-order chi connectivity index (χ0) is 29.0. The molecular formula is C29H26F3N3O5S2. The lowest BCUT2D eigenvalue weighted by atomic mass is 10.00. The van der Waals surface area contributed by atoms with Crippen molar-refractivity contribution in [1.82, 2.24) is 10.1 Å². The number of carbonyl (C=O) groups is 1. The van der Waals surface area contributed by atoms with Crippen LogP contribution in [0.3, 0.4) is 0 Å². The maximum Gasteiger partial charge on any atom is 0.573 e. The van der Waals surface area contributed by atoms with Crippen LogP contribution in [-0.2, 0) is 11.3 Å². The number of halogens is 3. The molecule has 1 aromatic carbocycles. The van der Waals surface area contributed by atoms with E-state index in [9.17, 15) is 23.1 Å². The maximum absolute atomic E-state index is 13.1. The second-order valence-corrected chi connectivity index (χ2v) is 12.8. The Bertz CT molecular complexity index is 1600. The van der Waals surface area contributed by atoms with Crippen molar-refractivity contribution in [1.29, 1.82) is 0 Å². The zero-order valence-electron chi connectivity index (χ0n) is 22.2. The lowest BCUT2D eigenvalue weighted by Gasteiger charge is -2.38. The van der Waals surface area contributed by atoms with E-state index >= 15 is 0 Å². The van der Waals surface area contributed by atoms with E-state index in [1.54, 1.807) is 35.6 Å². The highest BCUT2D eigenvalue weighted by atomic mass is 32.1. The number of fused-ring (bicyclic) bond motifs is 2. The summed E-state index contributed by atoms with van der Waals surface area (Å²) in [6.45, 7) is 0.195. The van der Waals surface area contributed by atoms with Gasteiger partial charge in [0, 0.05) is 34.5 Å². The number of hydrogen-bond acceptors (Lipinski definition) is 9. The van der Waals surface area contributed by atoms with E-state index in [0.717, 1.165) is 54.2 Å². The van der Waals surface area contributed by atoms with Crippen molar-refractivity contribution in [3.8, 4) is 27.6 Å². The van der Waals surface area contributed by atoms with Crippen LogP contribution in [0.5, 0.6) is 5.75 Å². The lowest BCUT2D eigenvalue weighted by molar-refractivity contribution is -0.274. The third-order valence-electron chi connectivity index (χ3n) is 8.07. The zero-order valence-corrected chi connectivity index (χ0v) is 23.8. The number of carboxylic acid groups (broad SMARTS) is 1. The number of para-hydroxylation sites is 1. The number of piperidine rings is 1. The fraction of sp³-hybridized carbons (Fsp3) is 0.414. The molecule has 13 heteroatoms. The summed E-state index contributed by atoms with van der Waals surface area (Å²) < 4.78 is 55.7. The van der Waals surface area contributed by atoms with Gasteiger partial charge in [0.1, 0.15) is 22.1 Å². The van der Waals surface area contributed by atoms with Crippen LogP contribution in [0.4, 0.5) is 18.3 Å². The predicted octanol–water partition coefficient (Wildman–Crippen LogP) is 7.72. The van der Waals surface area contributed by atoms with E-state index < -0.39 is 12.3 Å². The van der Waals surface area contributed by atoms with Gasteiger partial charge in [-0.15, -0.1) is 35.8 Å². The monoisotopic (exact) mass is 617 g/mol. The summed E-state index contributed by atoms with van der Waals surface area (Å²) in [6.07, 6.45) is 0.706. The molecule has 8 nitrogen and oxygen atoms in total. The standard InChI is InChI=1S/C29H26F3N3O5S2/c30-29(31,32)39-22-4-2-1-3-19(22)25-20(26(40-34-25)15-5-6-15)13-38-18-11-16-7-8-17(12-18)35(16)28-33-21(14-41-28)23-9-10-24(42-23)27(36)37/h1-4,9-10,14-18H,5-8,11-13H2,(H,36,37). The molecule has 0 amide bonds. The first-order valence-electron chi connectivity index (χ1n) is 13.8. The van der Waals surface area contributed by atoms with E-state index in [1.165, 1.54) is 23.5 Å². The first-order chi connectivity index (χ1) is 20.2. The summed E-state index contributed by atoms with van der Waals surface area (Å²) >= 11 is 2.78. The smallest absolute Gasteiger partial charge is 0.477 e. The molecule has 220 valence electrons. The molecular weight excluding hydrogens is 591 g/mol. The number of alkyl halides is 3. The van der Waals surface area contributed by atoms with E-state index in [2.05, 4.69) is 14.8 Å². The first kappa shape index (κ1) is 27.4. The molecule has 3 aromatic heterocycles. The third kappa shape index (κ3) is 5.40. The highest BCUT2D eigenvalue weighted by Gasteiger charge is 2.43. The Morgan fingerprint density at radius 2 is 1.86 bits per heavy atom. The van der Waals surface area contributed by atoms with Crippen molar-refractivity contribution in [2.45, 2.75) is 75.6 Å². The van der Waals surface area contributed by atoms with Gasteiger partial charge < -0.3 is 24.0 Å². The molecule has 4 aromatic rings. The Balaban J connectivity index is 1.07. The van der Waals surface area contributed by atoms with Crippen LogP contribution < -0.4 is 9.64 Å². The number of ether oxygens (including phenoxy) is 2. The second kappa shape index (κ2) is 10.7. The topological polar surface area (TPSA) is 97.9 Å². The summed E-state index contributed by atoms with van der Waals surface area (Å²) in [5, 5.41) is 16.3. The molecule has 7 rings (SSSR count). The van der Waals surface area contributed by atoms with Crippen LogP contribution in [0.1, 0.15) is 65.4 Å². The number of thiazole rings is 1. The fourth-order valence-corrected chi connectivity index (χ4v) is 7.93. The molecule has 0 radical (unpaired) electrons. The van der Waals surface area contributed by atoms with E-state index in [4.69, 9.17) is 14.2 Å². The molecule has 3 fully saturated rings. The number of aromatic carboxylic acids is 1. The summed E-state index contributed by atoms with van der Waals surface area (Å²) in [5.41, 5.74) is 2.02. The summed E-state index contributed by atoms with van der Waals surface area (Å²) in [7, 11) is 0. The number of carboxylic acids is 1. The van der Waals surface area contributed by atoms with Gasteiger partial charge in [-0.2, -0.15) is 0 Å². The molecule has 2 unspecified atom stereocenters. The van der Waals surface area contributed by atoms with Crippen LogP contribution in [-0.4, -0.2) is 45.8 Å². The fourth-order valence-electron chi connectivity index (χ4n) is 6.08. The Labute approximate surface area is 246 Å². The molecule has 1 saturated carbocycles. The largest absolute Gasteiger partial charge is 0.573 e. The van der Waals surface area contributed by atoms with Crippen molar-refractivity contribution in [3.05, 3.63) is 58.0 Å². The molecule has 5 heterocycles. The number of aromatic nitrogens is 2. The van der Waals surface area contributed by atoms with Crippen molar-refractivity contribution < 1.29 is 37.1 Å². The van der Waals surface area contributed by atoms with Gasteiger partial charge >= 0.3 is 12.3 Å². The van der Waals surface area contributed by atoms with Gasteiger partial charge in [0.05, 0.1) is 23.3 Å². The van der Waals surface area contributed by atoms with Crippen molar-refractivity contribution >= 4 is 33.8 Å². The molecule has 2 bridgehead atoms. The van der Waals surface area contributed by atoms with Crippen LogP contribution in [0, 0.1) is 0 Å². The van der Waals surface area contributed by atoms with Gasteiger partial charge in [-0.1, -0.05) is 17.3 Å². The third-order valence-corrected chi connectivity index (χ3v) is 10.0. The number of hydrogen-bond donors (Lipinski definition) is 1. The van der Waals surface area contributed by atoms with Gasteiger partial charge in [0.25, 0.3) is 0 Å². The molecule has 3 aliphatic rings. The lowest BCUT2D eigenvalue weighted by Crippen LogP contribution is -2.45. The minimum Gasteiger partial charge on any atom is -0.477 e. The van der Waals surface area contributed by atoms with Crippen LogP contribution in [0.25, 0.3) is 21.8 Å². The van der Waals surface area contributed by atoms with Gasteiger partial charge in [-0.05, 0) is 62.8 Å². The highest BCUT2D eigenvalue weighted by Crippen LogP contribution is 2.47. The molecule has 0 spiro atoms. The molecule has 2 atom stereocenters. The van der Waals surface area contributed by atoms with Gasteiger partial charge in [-0.25, -0.2) is 9.78 Å². The minimum atomic E-state index is -4.83. The van der Waals surface area contributed by atoms with Crippen molar-refractivity contribution in [2.24, 2.45) is 0 Å². The SMILES string of the molecule is O=C(O)c1ccc(-c2csc(N3C4CCC3CC(OCc3c(-c5ccccc5OC(F)(F)F)noc3C3CC3)C4)n2)s1. The average molecular weight is 618 g/mol. The van der Waals surface area contributed by atoms with Crippen molar-refractivity contribution in [3.63, 3.8) is 0 Å². The number of benzene rings is 1. The highest BCUT2D eigenvalue weighted by molar-refractivity contribution is 7.18.